The van der Waals surface area contributed by atoms with Gasteiger partial charge in [0.05, 0.1) is 11.5 Å². The van der Waals surface area contributed by atoms with Crippen LogP contribution >= 0.6 is 0 Å². The number of hydrogen-bond acceptors (Lipinski definition) is 7. The molecule has 1 aliphatic heterocycles. The van der Waals surface area contributed by atoms with E-state index in [-0.39, 0.29) is 12.2 Å². The van der Waals surface area contributed by atoms with Crippen LogP contribution in [0, 0.1) is 16.7 Å². The zero-order valence-corrected chi connectivity index (χ0v) is 17.4. The van der Waals surface area contributed by atoms with Gasteiger partial charge in [-0.1, -0.05) is 19.9 Å². The van der Waals surface area contributed by atoms with Gasteiger partial charge >= 0.3 is 5.97 Å². The summed E-state index contributed by atoms with van der Waals surface area (Å²) in [5.41, 5.74) is -2.00. The van der Waals surface area contributed by atoms with E-state index in [1.165, 1.54) is 19.1 Å². The number of allylic oxidation sites excluding steroid dienone is 1. The Labute approximate surface area is 169 Å². The smallest absolute Gasteiger partial charge is 0.303 e. The van der Waals surface area contributed by atoms with Crippen LogP contribution in [-0.2, 0) is 23.9 Å². The third-order valence-corrected chi connectivity index (χ3v) is 7.50. The molecular weight excluding hydrogens is 376 g/mol. The summed E-state index contributed by atoms with van der Waals surface area (Å²) in [5, 5.41) is 22.5. The van der Waals surface area contributed by atoms with E-state index in [4.69, 9.17) is 9.47 Å². The zero-order valence-electron chi connectivity index (χ0n) is 17.4. The van der Waals surface area contributed by atoms with Crippen LogP contribution in [0.3, 0.4) is 0 Å². The van der Waals surface area contributed by atoms with E-state index in [2.05, 4.69) is 0 Å². The molecular formula is C22H28O7. The lowest BCUT2D eigenvalue weighted by Gasteiger charge is -2.49. The number of carbonyl (C=O) groups is 3. The van der Waals surface area contributed by atoms with Crippen molar-refractivity contribution in [1.29, 1.82) is 0 Å². The zero-order chi connectivity index (χ0) is 21.5. The molecule has 2 fully saturated rings. The first-order valence-corrected chi connectivity index (χ1v) is 10.1. The second-order valence-corrected chi connectivity index (χ2v) is 9.74. The summed E-state index contributed by atoms with van der Waals surface area (Å²) in [5.74, 6) is -1.63. The van der Waals surface area contributed by atoms with Gasteiger partial charge in [0.1, 0.15) is 18.3 Å². The topological polar surface area (TPSA) is 113 Å². The molecule has 3 aliphatic carbocycles. The maximum Gasteiger partial charge on any atom is 0.303 e. The van der Waals surface area contributed by atoms with Crippen LogP contribution in [0.4, 0.5) is 0 Å². The molecule has 4 rings (SSSR count). The molecule has 1 heterocycles. The summed E-state index contributed by atoms with van der Waals surface area (Å²) in [4.78, 5) is 37.7. The van der Waals surface area contributed by atoms with Crippen LogP contribution < -0.4 is 0 Å². The molecule has 1 unspecified atom stereocenters. The van der Waals surface area contributed by atoms with Gasteiger partial charge in [0.25, 0.3) is 0 Å². The molecule has 1 spiro atoms. The van der Waals surface area contributed by atoms with E-state index >= 15 is 0 Å². The van der Waals surface area contributed by atoms with Crippen molar-refractivity contribution in [3.05, 3.63) is 23.3 Å². The number of epoxide rings is 1. The normalized spacial score (nSPS) is 45.6. The van der Waals surface area contributed by atoms with Gasteiger partial charge in [-0.2, -0.15) is 0 Å². The highest BCUT2D eigenvalue weighted by Crippen LogP contribution is 2.58. The van der Waals surface area contributed by atoms with Crippen molar-refractivity contribution in [2.45, 2.75) is 77.5 Å². The molecule has 158 valence electrons. The van der Waals surface area contributed by atoms with Gasteiger partial charge in [-0.15, -0.1) is 0 Å². The average molecular weight is 404 g/mol. The highest BCUT2D eigenvalue weighted by atomic mass is 16.6. The Hall–Kier alpha value is -1.83. The highest BCUT2D eigenvalue weighted by molar-refractivity contribution is 6.04. The summed E-state index contributed by atoms with van der Waals surface area (Å²) in [6, 6.07) is 0. The van der Waals surface area contributed by atoms with Crippen molar-refractivity contribution in [1.82, 2.24) is 0 Å². The Balaban J connectivity index is 1.91. The van der Waals surface area contributed by atoms with Gasteiger partial charge in [0, 0.05) is 19.3 Å². The molecule has 7 heteroatoms. The second kappa shape index (κ2) is 6.09. The second-order valence-electron chi connectivity index (χ2n) is 9.74. The number of Topliss-reactive ketones (excluding diaryl/α,β-unsaturated/α-hetero) is 1. The number of carbonyl (C=O) groups excluding carboxylic acids is 3. The molecule has 0 aromatic rings. The molecule has 0 aromatic carbocycles. The van der Waals surface area contributed by atoms with Crippen LogP contribution in [0.2, 0.25) is 0 Å². The van der Waals surface area contributed by atoms with Gasteiger partial charge in [-0.05, 0) is 42.9 Å². The molecule has 7 atom stereocenters. The molecule has 1 saturated heterocycles. The average Bonchev–Trinajstić information content (AvgIpc) is 3.33. The fourth-order valence-electron chi connectivity index (χ4n) is 5.85. The lowest BCUT2D eigenvalue weighted by atomic mass is 9.57. The monoisotopic (exact) mass is 404 g/mol. The van der Waals surface area contributed by atoms with E-state index in [0.29, 0.717) is 17.6 Å². The van der Waals surface area contributed by atoms with E-state index in [1.54, 1.807) is 13.8 Å². The number of aliphatic hydroxyl groups excluding tert-OH is 2. The van der Waals surface area contributed by atoms with E-state index in [0.717, 1.165) is 0 Å². The summed E-state index contributed by atoms with van der Waals surface area (Å²) in [7, 11) is 0. The van der Waals surface area contributed by atoms with Gasteiger partial charge in [0.15, 0.2) is 17.2 Å². The van der Waals surface area contributed by atoms with Gasteiger partial charge < -0.3 is 19.7 Å². The number of hydrogen-bond donors (Lipinski definition) is 2. The fraction of sp³-hybridized carbons (Fsp3) is 0.682. The first-order chi connectivity index (χ1) is 13.3. The maximum atomic E-state index is 13.4. The lowest BCUT2D eigenvalue weighted by Crippen LogP contribution is -2.55. The molecule has 0 amide bonds. The lowest BCUT2D eigenvalue weighted by molar-refractivity contribution is -0.148. The Morgan fingerprint density at radius 2 is 1.90 bits per heavy atom. The van der Waals surface area contributed by atoms with Crippen molar-refractivity contribution in [3.63, 3.8) is 0 Å². The van der Waals surface area contributed by atoms with Crippen molar-refractivity contribution in [2.75, 3.05) is 0 Å². The van der Waals surface area contributed by atoms with E-state index in [9.17, 15) is 24.6 Å². The van der Waals surface area contributed by atoms with E-state index in [1.807, 2.05) is 13.8 Å². The van der Waals surface area contributed by atoms with Crippen LogP contribution in [0.5, 0.6) is 0 Å². The number of ether oxygens (including phenoxy) is 2. The predicted molar refractivity (Wildman–Crippen MR) is 102 cm³/mol. The molecule has 4 bridgehead atoms. The molecule has 2 N–H and O–H groups in total. The highest BCUT2D eigenvalue weighted by Gasteiger charge is 2.71. The van der Waals surface area contributed by atoms with Crippen LogP contribution in [0.1, 0.15) is 47.5 Å². The minimum Gasteiger partial charge on any atom is -0.458 e. The largest absolute Gasteiger partial charge is 0.458 e. The standard InChI is InChI=1S/C22H28O7/c1-10-13(28-11(2)23)8-12-16(25)19-22(29-19)9-21(5,7-6-14(22)24)18(27)17(26)15(10)20(12,3)4/h6-7,12-13,16-17,19,25-26H,8-9H2,1-5H3/t12-,13-,16+,17+,19?,21+,22+/m0/s1. The summed E-state index contributed by atoms with van der Waals surface area (Å²) in [6.45, 7) is 8.48. The quantitative estimate of drug-likeness (QED) is 0.384. The van der Waals surface area contributed by atoms with Crippen molar-refractivity contribution >= 4 is 17.5 Å². The number of rotatable bonds is 1. The molecule has 0 radical (unpaired) electrons. The van der Waals surface area contributed by atoms with Crippen molar-refractivity contribution < 1.29 is 34.1 Å². The summed E-state index contributed by atoms with van der Waals surface area (Å²) < 4.78 is 11.3. The first kappa shape index (κ1) is 20.4. The Bertz CT molecular complexity index is 868. The molecule has 1 saturated carbocycles. The van der Waals surface area contributed by atoms with Crippen molar-refractivity contribution in [3.8, 4) is 0 Å². The minimum absolute atomic E-state index is 0.0970. The maximum absolute atomic E-state index is 13.4. The SMILES string of the molecule is CC(=O)O[C@H]1C[C@H]2[C@@H](O)C3O[C@@]34C[C@@](C)(C=CC4=O)C(=O)[C@H](O)C(=C1C)C2(C)C. The summed E-state index contributed by atoms with van der Waals surface area (Å²) in [6.07, 6.45) is -0.548. The number of ketones is 2. The van der Waals surface area contributed by atoms with Gasteiger partial charge in [-0.3, -0.25) is 14.4 Å². The Morgan fingerprint density at radius 1 is 1.24 bits per heavy atom. The van der Waals surface area contributed by atoms with E-state index < -0.39 is 58.5 Å². The van der Waals surface area contributed by atoms with Crippen LogP contribution in [0.25, 0.3) is 0 Å². The summed E-state index contributed by atoms with van der Waals surface area (Å²) >= 11 is 0. The van der Waals surface area contributed by atoms with Gasteiger partial charge in [0.2, 0.25) is 0 Å². The van der Waals surface area contributed by atoms with Gasteiger partial charge in [-0.25, -0.2) is 0 Å². The van der Waals surface area contributed by atoms with Crippen LogP contribution in [0.15, 0.2) is 23.3 Å². The third-order valence-electron chi connectivity index (χ3n) is 7.50. The third kappa shape index (κ3) is 2.71. The number of esters is 1. The molecule has 0 aromatic heterocycles. The van der Waals surface area contributed by atoms with Crippen molar-refractivity contribution in [2.24, 2.45) is 16.7 Å². The number of fused-ring (bicyclic) bond motifs is 3. The fourth-order valence-corrected chi connectivity index (χ4v) is 5.85. The number of aliphatic hydroxyl groups is 2. The molecule has 7 nitrogen and oxygen atoms in total. The molecule has 29 heavy (non-hydrogen) atoms. The Kier molecular flexibility index (Phi) is 4.29. The van der Waals surface area contributed by atoms with Crippen LogP contribution in [-0.4, -0.2) is 57.8 Å². The Morgan fingerprint density at radius 3 is 2.52 bits per heavy atom. The predicted octanol–water partition coefficient (Wildman–Crippen LogP) is 1.26. The molecule has 4 aliphatic rings. The first-order valence-electron chi connectivity index (χ1n) is 10.1. The minimum atomic E-state index is -1.44.